The van der Waals surface area contributed by atoms with Gasteiger partial charge in [0.25, 0.3) is 0 Å². The van der Waals surface area contributed by atoms with Crippen LogP contribution in [0, 0.1) is 0 Å². The highest BCUT2D eigenvalue weighted by atomic mass is 16.5. The Balaban J connectivity index is 2.01. The largest absolute Gasteiger partial charge is 0.455 e. The van der Waals surface area contributed by atoms with Crippen LogP contribution in [0.25, 0.3) is 0 Å². The lowest BCUT2D eigenvalue weighted by Gasteiger charge is -2.13. The van der Waals surface area contributed by atoms with E-state index in [2.05, 4.69) is 6.92 Å². The number of esters is 1. The average Bonchev–Trinajstić information content (AvgIpc) is 3.28. The molecule has 0 amide bonds. The van der Waals surface area contributed by atoms with E-state index in [0.717, 1.165) is 69.8 Å². The van der Waals surface area contributed by atoms with Crippen molar-refractivity contribution in [3.05, 3.63) is 11.6 Å². The topological polar surface area (TPSA) is 85.2 Å². The van der Waals surface area contributed by atoms with Crippen LogP contribution in [0.15, 0.2) is 11.6 Å². The van der Waals surface area contributed by atoms with E-state index in [0.29, 0.717) is 12.8 Å². The zero-order valence-electron chi connectivity index (χ0n) is 29.1. The van der Waals surface area contributed by atoms with E-state index in [1.54, 1.807) is 0 Å². The van der Waals surface area contributed by atoms with Crippen LogP contribution >= 0.6 is 0 Å². The molecule has 39 heavy (non-hydrogen) atoms. The van der Waals surface area contributed by atoms with Crippen molar-refractivity contribution < 1.29 is 34.7 Å². The first-order valence-electron chi connectivity index (χ1n) is 18.0. The minimum atomic E-state index is -2.75. The number of rotatable bonds is 29. The summed E-state index contributed by atoms with van der Waals surface area (Å²) >= 11 is 0. The van der Waals surface area contributed by atoms with Crippen LogP contribution in [0.5, 0.6) is 0 Å². The van der Waals surface area contributed by atoms with Gasteiger partial charge in [0.2, 0.25) is 0 Å². The highest BCUT2D eigenvalue weighted by Crippen LogP contribution is 2.20. The third kappa shape index (κ3) is 22.4. The monoisotopic (exact) mass is 558 g/mol. The molecule has 1 aliphatic rings. The maximum atomic E-state index is 11.6. The summed E-state index contributed by atoms with van der Waals surface area (Å²) in [5.41, 5.74) is 0.827. The molecule has 0 aromatic heterocycles. The van der Waals surface area contributed by atoms with E-state index in [1.807, 2.05) is 13.0 Å². The number of aliphatic hydroxyl groups is 2. The smallest absolute Gasteiger partial charge is 0.334 e. The second-order valence-corrected chi connectivity index (χ2v) is 11.3. The predicted octanol–water partition coefficient (Wildman–Crippen LogP) is 7.83. The molecule has 0 spiro atoms. The molecule has 6 nitrogen and oxygen atoms in total. The van der Waals surface area contributed by atoms with Gasteiger partial charge in [-0.1, -0.05) is 116 Å². The van der Waals surface area contributed by atoms with Crippen LogP contribution in [-0.4, -0.2) is 60.8 Å². The lowest BCUT2D eigenvalue weighted by molar-refractivity contribution is -0.139. The Bertz CT molecular complexity index is 749. The van der Waals surface area contributed by atoms with Crippen molar-refractivity contribution in [1.29, 1.82) is 0 Å². The van der Waals surface area contributed by atoms with Crippen LogP contribution in [0.2, 0.25) is 0 Å². The van der Waals surface area contributed by atoms with Crippen LogP contribution in [0.3, 0.4) is 0 Å². The summed E-state index contributed by atoms with van der Waals surface area (Å²) < 4.78 is 47.2. The molecule has 0 aromatic carbocycles. The second kappa shape index (κ2) is 26.0. The molecule has 0 aliphatic carbocycles. The van der Waals surface area contributed by atoms with E-state index in [-0.39, 0.29) is 25.3 Å². The van der Waals surface area contributed by atoms with Crippen molar-refractivity contribution >= 4 is 5.97 Å². The highest BCUT2D eigenvalue weighted by Gasteiger charge is 2.21. The first kappa shape index (κ1) is 29.5. The number of hydrogen-bond donors (Lipinski definition) is 2. The molecule has 0 aromatic rings. The Hall–Kier alpha value is -0.950. The van der Waals surface area contributed by atoms with Crippen molar-refractivity contribution in [2.24, 2.45) is 0 Å². The van der Waals surface area contributed by atoms with Gasteiger partial charge in [0.05, 0.1) is 44.0 Å². The van der Waals surface area contributed by atoms with Crippen molar-refractivity contribution in [2.45, 2.75) is 167 Å². The van der Waals surface area contributed by atoms with Crippen LogP contribution in [0.4, 0.5) is 0 Å². The van der Waals surface area contributed by atoms with E-state index in [1.165, 1.54) is 57.8 Å². The van der Waals surface area contributed by atoms with Gasteiger partial charge < -0.3 is 24.4 Å². The summed E-state index contributed by atoms with van der Waals surface area (Å²) in [4.78, 5) is 11.6. The first-order valence-corrected chi connectivity index (χ1v) is 16.0. The number of carbonyl (C=O) groups excluding carboxylic acids is 1. The van der Waals surface area contributed by atoms with Crippen molar-refractivity contribution in [1.82, 2.24) is 0 Å². The molecular formula is C33H62O6. The second-order valence-electron chi connectivity index (χ2n) is 11.3. The minimum Gasteiger partial charge on any atom is -0.455 e. The molecule has 0 radical (unpaired) electrons. The van der Waals surface area contributed by atoms with E-state index in [9.17, 15) is 15.0 Å². The van der Waals surface area contributed by atoms with Gasteiger partial charge in [-0.25, -0.2) is 4.79 Å². The maximum absolute atomic E-state index is 11.6. The Morgan fingerprint density at radius 1 is 0.744 bits per heavy atom. The Morgan fingerprint density at radius 2 is 1.15 bits per heavy atom. The van der Waals surface area contributed by atoms with Gasteiger partial charge in [-0.2, -0.15) is 0 Å². The molecule has 1 heterocycles. The molecule has 0 bridgehead atoms. The summed E-state index contributed by atoms with van der Waals surface area (Å²) in [6.45, 7) is -2.02. The van der Waals surface area contributed by atoms with Crippen molar-refractivity contribution in [2.75, 3.05) is 26.3 Å². The summed E-state index contributed by atoms with van der Waals surface area (Å²) in [5.74, 6) is -0.155. The number of ether oxygens (including phenoxy) is 3. The van der Waals surface area contributed by atoms with Gasteiger partial charge >= 0.3 is 5.97 Å². The van der Waals surface area contributed by atoms with Crippen molar-refractivity contribution in [3.8, 4) is 0 Å². The minimum absolute atomic E-state index is 0.0803. The summed E-state index contributed by atoms with van der Waals surface area (Å²) in [5, 5.41) is 20.4. The third-order valence-electron chi connectivity index (χ3n) is 7.35. The summed E-state index contributed by atoms with van der Waals surface area (Å²) in [7, 11) is 0. The van der Waals surface area contributed by atoms with Crippen molar-refractivity contribution in [3.63, 3.8) is 0 Å². The SMILES string of the molecule is [2H]C([2H])(OC[C@@H](O)CCCCCCCCCC)C([2H])([2H])OC[C@@H](O)CCCCCCCCCCCCC1=C[C@H](C)OC1=O. The van der Waals surface area contributed by atoms with Gasteiger partial charge in [-0.3, -0.25) is 0 Å². The van der Waals surface area contributed by atoms with E-state index < -0.39 is 25.3 Å². The number of unbranched alkanes of at least 4 members (excludes halogenated alkanes) is 16. The fourth-order valence-corrected chi connectivity index (χ4v) is 4.94. The number of hydrogen-bond acceptors (Lipinski definition) is 6. The lowest BCUT2D eigenvalue weighted by atomic mass is 10.0. The Kier molecular flexibility index (Phi) is 19.7. The predicted molar refractivity (Wildman–Crippen MR) is 160 cm³/mol. The normalized spacial score (nSPS) is 19.1. The van der Waals surface area contributed by atoms with Crippen LogP contribution in [0.1, 0.15) is 154 Å². The quantitative estimate of drug-likeness (QED) is 0.0719. The zero-order chi connectivity index (χ0) is 32.0. The molecule has 1 aliphatic heterocycles. The lowest BCUT2D eigenvalue weighted by Crippen LogP contribution is -2.20. The molecule has 0 unspecified atom stereocenters. The summed E-state index contributed by atoms with van der Waals surface area (Å²) in [6.07, 6.45) is 22.0. The van der Waals surface area contributed by atoms with Gasteiger partial charge in [0, 0.05) is 5.57 Å². The molecule has 2 N–H and O–H groups in total. The van der Waals surface area contributed by atoms with Gasteiger partial charge in [0.1, 0.15) is 6.10 Å². The van der Waals surface area contributed by atoms with Crippen LogP contribution < -0.4 is 0 Å². The van der Waals surface area contributed by atoms with Gasteiger partial charge in [0.15, 0.2) is 0 Å². The van der Waals surface area contributed by atoms with E-state index >= 15 is 0 Å². The van der Waals surface area contributed by atoms with Gasteiger partial charge in [-0.05, 0) is 38.7 Å². The highest BCUT2D eigenvalue weighted by molar-refractivity contribution is 5.90. The fourth-order valence-electron chi connectivity index (χ4n) is 4.94. The van der Waals surface area contributed by atoms with Gasteiger partial charge in [-0.15, -0.1) is 0 Å². The Morgan fingerprint density at radius 3 is 1.56 bits per heavy atom. The van der Waals surface area contributed by atoms with E-state index in [4.69, 9.17) is 19.7 Å². The molecule has 230 valence electrons. The molecule has 0 fully saturated rings. The standard InChI is InChI=1S/C33H62O6/c1-3-4-5-6-7-13-16-19-22-31(34)27-37-24-25-38-28-32(35)23-20-17-14-11-9-8-10-12-15-18-21-30-26-29(2)39-33(30)36/h26,29,31-32,34-35H,3-25,27-28H2,1-2H3/t29-,31-,32-/m0/s1/i24D2,25D2. The molecule has 6 heteroatoms. The Labute approximate surface area is 245 Å². The molecule has 3 atom stereocenters. The summed E-state index contributed by atoms with van der Waals surface area (Å²) in [6, 6.07) is 0. The number of cyclic esters (lactones) is 1. The number of aliphatic hydroxyl groups excluding tert-OH is 2. The zero-order valence-corrected chi connectivity index (χ0v) is 25.1. The fraction of sp³-hybridized carbons (Fsp3) is 0.909. The molecule has 1 rings (SSSR count). The first-order chi connectivity index (χ1) is 20.5. The number of carbonyl (C=O) groups is 1. The molecule has 0 saturated carbocycles. The molecular weight excluding hydrogens is 492 g/mol. The third-order valence-corrected chi connectivity index (χ3v) is 7.35. The maximum Gasteiger partial charge on any atom is 0.334 e. The molecule has 0 saturated heterocycles. The average molecular weight is 559 g/mol. The van der Waals surface area contributed by atoms with Crippen LogP contribution in [-0.2, 0) is 19.0 Å².